The van der Waals surface area contributed by atoms with Crippen LogP contribution in [0.1, 0.15) is 5.56 Å². The fourth-order valence-electron chi connectivity index (χ4n) is 1.55. The van der Waals surface area contributed by atoms with E-state index in [2.05, 4.69) is 15.9 Å². The molecule has 94 valence electrons. The molecule has 0 saturated carbocycles. The molecule has 0 aliphatic carbocycles. The van der Waals surface area contributed by atoms with Crippen molar-refractivity contribution in [3.05, 3.63) is 52.5 Å². The molecule has 0 atom stereocenters. The van der Waals surface area contributed by atoms with E-state index in [1.165, 1.54) is 0 Å². The van der Waals surface area contributed by atoms with Gasteiger partial charge >= 0.3 is 0 Å². The number of hydrogen-bond donors (Lipinski definition) is 1. The standard InChI is InChI=1S/C14H13BrO2S/c1-18-14-5-3-2-4-13(14)17-11-7-6-10(9-16)12(15)8-11/h2-8,16H,9H2,1H3. The summed E-state index contributed by atoms with van der Waals surface area (Å²) in [6, 6.07) is 13.5. The third-order valence-corrected chi connectivity index (χ3v) is 4.01. The van der Waals surface area contributed by atoms with Gasteiger partial charge in [-0.3, -0.25) is 0 Å². The molecule has 1 N–H and O–H groups in total. The van der Waals surface area contributed by atoms with E-state index in [0.717, 1.165) is 26.4 Å². The number of rotatable bonds is 4. The number of aliphatic hydroxyl groups is 1. The molecule has 2 aromatic rings. The fraction of sp³-hybridized carbons (Fsp3) is 0.143. The Morgan fingerprint density at radius 1 is 1.22 bits per heavy atom. The minimum Gasteiger partial charge on any atom is -0.456 e. The molecule has 0 amide bonds. The molecule has 0 radical (unpaired) electrons. The topological polar surface area (TPSA) is 29.5 Å². The van der Waals surface area contributed by atoms with Crippen LogP contribution in [0.25, 0.3) is 0 Å². The van der Waals surface area contributed by atoms with Crippen LogP contribution in [0.2, 0.25) is 0 Å². The Hall–Kier alpha value is -0.970. The summed E-state index contributed by atoms with van der Waals surface area (Å²) < 4.78 is 6.70. The molecule has 2 nitrogen and oxygen atoms in total. The number of ether oxygens (including phenoxy) is 1. The van der Waals surface area contributed by atoms with Gasteiger partial charge in [0.25, 0.3) is 0 Å². The van der Waals surface area contributed by atoms with Crippen LogP contribution in [0.5, 0.6) is 11.5 Å². The maximum absolute atomic E-state index is 9.11. The second-order valence-electron chi connectivity index (χ2n) is 3.66. The number of para-hydroxylation sites is 1. The molecule has 2 aromatic carbocycles. The SMILES string of the molecule is CSc1ccccc1Oc1ccc(CO)c(Br)c1. The molecule has 18 heavy (non-hydrogen) atoms. The first-order valence-corrected chi connectivity index (χ1v) is 7.46. The Labute approximate surface area is 119 Å². The predicted molar refractivity (Wildman–Crippen MR) is 78.4 cm³/mol. The van der Waals surface area contributed by atoms with Crippen LogP contribution in [-0.4, -0.2) is 11.4 Å². The average Bonchev–Trinajstić information content (AvgIpc) is 2.39. The van der Waals surface area contributed by atoms with Crippen molar-refractivity contribution in [1.82, 2.24) is 0 Å². The highest BCUT2D eigenvalue weighted by Crippen LogP contribution is 2.32. The lowest BCUT2D eigenvalue weighted by Gasteiger charge is -2.10. The summed E-state index contributed by atoms with van der Waals surface area (Å²) in [5.74, 6) is 1.59. The van der Waals surface area contributed by atoms with Crippen molar-refractivity contribution in [3.8, 4) is 11.5 Å². The molecule has 0 fully saturated rings. The molecule has 0 heterocycles. The van der Waals surface area contributed by atoms with Crippen molar-refractivity contribution >= 4 is 27.7 Å². The molecule has 0 bridgehead atoms. The third kappa shape index (κ3) is 3.07. The van der Waals surface area contributed by atoms with E-state index in [1.807, 2.05) is 48.7 Å². The molecular weight excluding hydrogens is 312 g/mol. The highest BCUT2D eigenvalue weighted by Gasteiger charge is 2.05. The lowest BCUT2D eigenvalue weighted by molar-refractivity contribution is 0.281. The van der Waals surface area contributed by atoms with E-state index in [4.69, 9.17) is 9.84 Å². The van der Waals surface area contributed by atoms with Gasteiger partial charge in [-0.05, 0) is 36.1 Å². The normalized spacial score (nSPS) is 10.4. The lowest BCUT2D eigenvalue weighted by atomic mass is 10.2. The quantitative estimate of drug-likeness (QED) is 0.842. The van der Waals surface area contributed by atoms with Gasteiger partial charge in [0.15, 0.2) is 0 Å². The minimum atomic E-state index is 0.0161. The smallest absolute Gasteiger partial charge is 0.140 e. The van der Waals surface area contributed by atoms with Crippen LogP contribution in [0, 0.1) is 0 Å². The summed E-state index contributed by atoms with van der Waals surface area (Å²) >= 11 is 5.06. The second kappa shape index (κ2) is 6.27. The van der Waals surface area contributed by atoms with E-state index in [-0.39, 0.29) is 6.61 Å². The number of halogens is 1. The van der Waals surface area contributed by atoms with Crippen molar-refractivity contribution in [2.75, 3.05) is 6.26 Å². The zero-order chi connectivity index (χ0) is 13.0. The maximum atomic E-state index is 9.11. The Morgan fingerprint density at radius 3 is 2.67 bits per heavy atom. The van der Waals surface area contributed by atoms with Gasteiger partial charge in [-0.1, -0.05) is 34.1 Å². The second-order valence-corrected chi connectivity index (χ2v) is 5.37. The van der Waals surface area contributed by atoms with E-state index in [0.29, 0.717) is 0 Å². The molecule has 0 spiro atoms. The summed E-state index contributed by atoms with van der Waals surface area (Å²) in [6.45, 7) is 0.0161. The first-order chi connectivity index (χ1) is 8.74. The van der Waals surface area contributed by atoms with Gasteiger partial charge in [0.2, 0.25) is 0 Å². The van der Waals surface area contributed by atoms with Crippen molar-refractivity contribution in [3.63, 3.8) is 0 Å². The Morgan fingerprint density at radius 2 is 2.00 bits per heavy atom. The van der Waals surface area contributed by atoms with Crippen LogP contribution >= 0.6 is 27.7 Å². The molecule has 4 heteroatoms. The van der Waals surface area contributed by atoms with Crippen molar-refractivity contribution in [1.29, 1.82) is 0 Å². The highest BCUT2D eigenvalue weighted by molar-refractivity contribution is 9.10. The molecular formula is C14H13BrO2S. The highest BCUT2D eigenvalue weighted by atomic mass is 79.9. The number of hydrogen-bond acceptors (Lipinski definition) is 3. The lowest BCUT2D eigenvalue weighted by Crippen LogP contribution is -1.89. The number of aliphatic hydroxyl groups excluding tert-OH is 1. The molecule has 2 rings (SSSR count). The van der Waals surface area contributed by atoms with Gasteiger partial charge in [-0.15, -0.1) is 11.8 Å². The maximum Gasteiger partial charge on any atom is 0.140 e. The summed E-state index contributed by atoms with van der Waals surface area (Å²) in [5, 5.41) is 9.11. The van der Waals surface area contributed by atoms with Gasteiger partial charge in [0.1, 0.15) is 11.5 Å². The van der Waals surface area contributed by atoms with Crippen molar-refractivity contribution in [2.24, 2.45) is 0 Å². The Kier molecular flexibility index (Phi) is 4.69. The summed E-state index contributed by atoms with van der Waals surface area (Å²) in [6.07, 6.45) is 2.02. The Bertz CT molecular complexity index is 543. The summed E-state index contributed by atoms with van der Waals surface area (Å²) in [7, 11) is 0. The molecule has 0 aromatic heterocycles. The van der Waals surface area contributed by atoms with Gasteiger partial charge in [0, 0.05) is 9.37 Å². The molecule has 0 aliphatic rings. The Balaban J connectivity index is 2.26. The van der Waals surface area contributed by atoms with Crippen molar-refractivity contribution < 1.29 is 9.84 Å². The van der Waals surface area contributed by atoms with E-state index in [1.54, 1.807) is 11.8 Å². The zero-order valence-corrected chi connectivity index (χ0v) is 12.3. The van der Waals surface area contributed by atoms with Crippen LogP contribution in [0.4, 0.5) is 0 Å². The zero-order valence-electron chi connectivity index (χ0n) is 9.89. The first kappa shape index (κ1) is 13.5. The predicted octanol–water partition coefficient (Wildman–Crippen LogP) is 4.46. The molecule has 0 aliphatic heterocycles. The number of benzene rings is 2. The minimum absolute atomic E-state index is 0.0161. The molecule has 0 unspecified atom stereocenters. The van der Waals surface area contributed by atoms with Gasteiger partial charge in [0.05, 0.1) is 6.61 Å². The van der Waals surface area contributed by atoms with Crippen LogP contribution in [0.15, 0.2) is 51.8 Å². The molecule has 0 saturated heterocycles. The van der Waals surface area contributed by atoms with Crippen LogP contribution in [-0.2, 0) is 6.61 Å². The number of thioether (sulfide) groups is 1. The van der Waals surface area contributed by atoms with Gasteiger partial charge < -0.3 is 9.84 Å². The van der Waals surface area contributed by atoms with Gasteiger partial charge in [-0.25, -0.2) is 0 Å². The van der Waals surface area contributed by atoms with Crippen LogP contribution < -0.4 is 4.74 Å². The van der Waals surface area contributed by atoms with E-state index >= 15 is 0 Å². The first-order valence-electron chi connectivity index (χ1n) is 5.44. The third-order valence-electron chi connectivity index (χ3n) is 2.49. The van der Waals surface area contributed by atoms with Crippen LogP contribution in [0.3, 0.4) is 0 Å². The van der Waals surface area contributed by atoms with E-state index < -0.39 is 0 Å². The van der Waals surface area contributed by atoms with Crippen molar-refractivity contribution in [2.45, 2.75) is 11.5 Å². The largest absolute Gasteiger partial charge is 0.456 e. The summed E-state index contributed by atoms with van der Waals surface area (Å²) in [5.41, 5.74) is 0.848. The monoisotopic (exact) mass is 324 g/mol. The summed E-state index contributed by atoms with van der Waals surface area (Å²) in [4.78, 5) is 1.10. The van der Waals surface area contributed by atoms with E-state index in [9.17, 15) is 0 Å². The average molecular weight is 325 g/mol. The van der Waals surface area contributed by atoms with Gasteiger partial charge in [-0.2, -0.15) is 0 Å². The fourth-order valence-corrected chi connectivity index (χ4v) is 2.56.